The molecule has 4 rings (SSSR count). The molecule has 0 radical (unpaired) electrons. The van der Waals surface area contributed by atoms with Gasteiger partial charge in [0.1, 0.15) is 5.69 Å². The van der Waals surface area contributed by atoms with Gasteiger partial charge in [-0.05, 0) is 42.7 Å². The van der Waals surface area contributed by atoms with Crippen molar-refractivity contribution in [1.29, 1.82) is 0 Å². The van der Waals surface area contributed by atoms with Gasteiger partial charge in [-0.25, -0.2) is 9.97 Å². The molecule has 0 saturated heterocycles. The number of fused-ring (bicyclic) bond motifs is 1. The number of hydrogen-bond donors (Lipinski definition) is 4. The molecule has 1 amide bonds. The maximum Gasteiger partial charge on any atom is 0.438 e. The number of carbonyl (C=O) groups excluding carboxylic acids is 1. The van der Waals surface area contributed by atoms with Gasteiger partial charge >= 0.3 is 6.18 Å². The number of carbonyl (C=O) groups is 1. The second kappa shape index (κ2) is 8.58. The van der Waals surface area contributed by atoms with Crippen LogP contribution >= 0.6 is 0 Å². The van der Waals surface area contributed by atoms with Crippen LogP contribution in [0.2, 0.25) is 0 Å². The molecule has 32 heavy (non-hydrogen) atoms. The number of rotatable bonds is 6. The SMILES string of the molecule is CNC(=O)c1ccc(NC2CC(NCc3ccc4nc(C(F)(F)F)c(=O)[nH]c4c3)C2)cn1. The highest BCUT2D eigenvalue weighted by Crippen LogP contribution is 2.26. The zero-order valence-electron chi connectivity index (χ0n) is 17.1. The fourth-order valence-corrected chi connectivity index (χ4v) is 3.58. The van der Waals surface area contributed by atoms with Gasteiger partial charge in [0.15, 0.2) is 0 Å². The van der Waals surface area contributed by atoms with Crippen molar-refractivity contribution < 1.29 is 18.0 Å². The number of anilines is 1. The number of aromatic amines is 1. The van der Waals surface area contributed by atoms with Gasteiger partial charge in [0.25, 0.3) is 11.5 Å². The van der Waals surface area contributed by atoms with Gasteiger partial charge in [0, 0.05) is 25.7 Å². The van der Waals surface area contributed by atoms with E-state index in [4.69, 9.17) is 0 Å². The third kappa shape index (κ3) is 4.72. The molecule has 0 atom stereocenters. The first-order valence-electron chi connectivity index (χ1n) is 10.0. The molecule has 0 unspecified atom stereocenters. The molecule has 1 saturated carbocycles. The molecule has 0 aliphatic heterocycles. The Kier molecular flexibility index (Phi) is 5.83. The third-order valence-corrected chi connectivity index (χ3v) is 5.35. The molecule has 11 heteroatoms. The number of nitrogens with zero attached hydrogens (tertiary/aromatic N) is 2. The van der Waals surface area contributed by atoms with Crippen molar-refractivity contribution in [3.05, 3.63) is 63.8 Å². The minimum absolute atomic E-state index is 0.0876. The van der Waals surface area contributed by atoms with Crippen LogP contribution in [0.4, 0.5) is 18.9 Å². The Hall–Kier alpha value is -3.47. The number of H-pyrrole nitrogens is 1. The van der Waals surface area contributed by atoms with Crippen molar-refractivity contribution in [3.8, 4) is 0 Å². The van der Waals surface area contributed by atoms with Crippen LogP contribution in [0.3, 0.4) is 0 Å². The van der Waals surface area contributed by atoms with Crippen LogP contribution in [0, 0.1) is 0 Å². The fourth-order valence-electron chi connectivity index (χ4n) is 3.58. The van der Waals surface area contributed by atoms with Crippen LogP contribution in [0.15, 0.2) is 41.3 Å². The Bertz CT molecular complexity index is 1190. The summed E-state index contributed by atoms with van der Waals surface area (Å²) in [6.07, 6.45) is -1.39. The summed E-state index contributed by atoms with van der Waals surface area (Å²) in [5, 5.41) is 9.28. The monoisotopic (exact) mass is 446 g/mol. The summed E-state index contributed by atoms with van der Waals surface area (Å²) in [4.78, 5) is 33.0. The molecule has 1 aliphatic carbocycles. The first-order valence-corrected chi connectivity index (χ1v) is 10.0. The van der Waals surface area contributed by atoms with Gasteiger partial charge in [0.05, 0.1) is 22.9 Å². The summed E-state index contributed by atoms with van der Waals surface area (Å²) in [5.41, 5.74) is -0.311. The molecule has 3 aromatic rings. The van der Waals surface area contributed by atoms with Crippen molar-refractivity contribution in [2.24, 2.45) is 0 Å². The maximum absolute atomic E-state index is 12.8. The molecule has 8 nitrogen and oxygen atoms in total. The largest absolute Gasteiger partial charge is 0.438 e. The summed E-state index contributed by atoms with van der Waals surface area (Å²) in [7, 11) is 1.55. The molecule has 168 valence electrons. The van der Waals surface area contributed by atoms with Gasteiger partial charge < -0.3 is 20.9 Å². The van der Waals surface area contributed by atoms with E-state index in [1.165, 1.54) is 6.07 Å². The standard InChI is InChI=1S/C21H21F3N6O2/c1-25-19(31)16-5-3-12(10-27-16)28-14-7-13(8-14)26-9-11-2-4-15-17(6-11)30-20(32)18(29-15)21(22,23)24/h2-6,10,13-14,26,28H,7-9H2,1H3,(H,25,31)(H,30,32). The molecular formula is C21H21F3N6O2. The Morgan fingerprint density at radius 1 is 1.19 bits per heavy atom. The highest BCUT2D eigenvalue weighted by atomic mass is 19.4. The lowest BCUT2D eigenvalue weighted by atomic mass is 9.86. The second-order valence-electron chi connectivity index (χ2n) is 7.67. The topological polar surface area (TPSA) is 112 Å². The van der Waals surface area contributed by atoms with Crippen molar-refractivity contribution in [2.75, 3.05) is 12.4 Å². The third-order valence-electron chi connectivity index (χ3n) is 5.35. The highest BCUT2D eigenvalue weighted by molar-refractivity contribution is 5.92. The Morgan fingerprint density at radius 2 is 1.97 bits per heavy atom. The van der Waals surface area contributed by atoms with E-state index in [1.54, 1.807) is 31.4 Å². The van der Waals surface area contributed by atoms with E-state index < -0.39 is 17.4 Å². The number of halogens is 3. The Morgan fingerprint density at radius 3 is 2.62 bits per heavy atom. The van der Waals surface area contributed by atoms with E-state index in [2.05, 4.69) is 30.9 Å². The Balaban J connectivity index is 1.29. The molecule has 0 spiro atoms. The lowest BCUT2D eigenvalue weighted by molar-refractivity contribution is -0.142. The first kappa shape index (κ1) is 21.8. The first-order chi connectivity index (χ1) is 15.2. The molecule has 4 N–H and O–H groups in total. The number of alkyl halides is 3. The van der Waals surface area contributed by atoms with E-state index in [1.807, 2.05) is 6.07 Å². The average molecular weight is 446 g/mol. The zero-order valence-corrected chi connectivity index (χ0v) is 17.1. The van der Waals surface area contributed by atoms with Crippen molar-refractivity contribution in [2.45, 2.75) is 37.6 Å². The number of pyridine rings is 1. The minimum Gasteiger partial charge on any atom is -0.381 e. The van der Waals surface area contributed by atoms with Gasteiger partial charge in [-0.2, -0.15) is 13.2 Å². The molecule has 1 aliphatic rings. The van der Waals surface area contributed by atoms with Crippen molar-refractivity contribution in [3.63, 3.8) is 0 Å². The van der Waals surface area contributed by atoms with Crippen LogP contribution in [0.1, 0.15) is 34.6 Å². The lowest BCUT2D eigenvalue weighted by Crippen LogP contribution is -2.47. The summed E-state index contributed by atoms with van der Waals surface area (Å²) in [6.45, 7) is 0.513. The molecule has 2 aromatic heterocycles. The summed E-state index contributed by atoms with van der Waals surface area (Å²) in [5.74, 6) is -0.237. The lowest BCUT2D eigenvalue weighted by Gasteiger charge is -2.37. The summed E-state index contributed by atoms with van der Waals surface area (Å²) < 4.78 is 38.5. The van der Waals surface area contributed by atoms with Gasteiger partial charge in [-0.1, -0.05) is 6.07 Å². The summed E-state index contributed by atoms with van der Waals surface area (Å²) >= 11 is 0. The molecule has 2 heterocycles. The van der Waals surface area contributed by atoms with Gasteiger partial charge in [0.2, 0.25) is 5.69 Å². The molecule has 0 bridgehead atoms. The highest BCUT2D eigenvalue weighted by Gasteiger charge is 2.36. The quantitative estimate of drug-likeness (QED) is 0.463. The van der Waals surface area contributed by atoms with E-state index in [9.17, 15) is 22.8 Å². The maximum atomic E-state index is 12.8. The van der Waals surface area contributed by atoms with Gasteiger partial charge in [-0.3, -0.25) is 9.59 Å². The number of nitrogens with one attached hydrogen (secondary N) is 4. The van der Waals surface area contributed by atoms with E-state index in [0.29, 0.717) is 12.2 Å². The smallest absolute Gasteiger partial charge is 0.381 e. The number of aromatic nitrogens is 3. The van der Waals surface area contributed by atoms with Crippen molar-refractivity contribution >= 4 is 22.6 Å². The zero-order chi connectivity index (χ0) is 22.9. The Labute approximate surface area is 180 Å². The van der Waals surface area contributed by atoms with Crippen LogP contribution in [-0.2, 0) is 12.7 Å². The van der Waals surface area contributed by atoms with Crippen LogP contribution < -0.4 is 21.5 Å². The number of hydrogen-bond acceptors (Lipinski definition) is 6. The molecule has 1 aromatic carbocycles. The predicted octanol–water partition coefficient (Wildman–Crippen LogP) is 2.43. The van der Waals surface area contributed by atoms with Crippen LogP contribution in [-0.4, -0.2) is 40.0 Å². The van der Waals surface area contributed by atoms with Crippen molar-refractivity contribution in [1.82, 2.24) is 25.6 Å². The molecular weight excluding hydrogens is 425 g/mol. The van der Waals surface area contributed by atoms with Gasteiger partial charge in [-0.15, -0.1) is 0 Å². The minimum atomic E-state index is -4.79. The fraction of sp³-hybridized carbons (Fsp3) is 0.333. The number of amides is 1. The summed E-state index contributed by atoms with van der Waals surface area (Å²) in [6, 6.07) is 8.82. The van der Waals surface area contributed by atoms with E-state index >= 15 is 0 Å². The van der Waals surface area contributed by atoms with E-state index in [-0.39, 0.29) is 29.0 Å². The average Bonchev–Trinajstić information content (AvgIpc) is 2.73. The second-order valence-corrected chi connectivity index (χ2v) is 7.67. The predicted molar refractivity (Wildman–Crippen MR) is 112 cm³/mol. The van der Waals surface area contributed by atoms with Crippen LogP contribution in [0.5, 0.6) is 0 Å². The van der Waals surface area contributed by atoms with E-state index in [0.717, 1.165) is 24.1 Å². The van der Waals surface area contributed by atoms with Crippen LogP contribution in [0.25, 0.3) is 11.0 Å². The normalized spacial score (nSPS) is 18.2. The number of benzene rings is 1. The molecule has 1 fully saturated rings.